The molecule has 0 radical (unpaired) electrons. The molecule has 1 aromatic rings. The molecule has 4 nitrogen and oxygen atoms in total. The quantitative estimate of drug-likeness (QED) is 0.806. The van der Waals surface area contributed by atoms with Gasteiger partial charge in [-0.15, -0.1) is 0 Å². The van der Waals surface area contributed by atoms with Crippen molar-refractivity contribution in [1.82, 2.24) is 4.72 Å². The Labute approximate surface area is 138 Å². The lowest BCUT2D eigenvalue weighted by Crippen LogP contribution is -2.43. The van der Waals surface area contributed by atoms with Crippen molar-refractivity contribution >= 4 is 37.7 Å². The van der Waals surface area contributed by atoms with Crippen molar-refractivity contribution in [3.8, 4) is 0 Å². The van der Waals surface area contributed by atoms with Crippen LogP contribution in [0.25, 0.3) is 0 Å². The summed E-state index contributed by atoms with van der Waals surface area (Å²) >= 11 is 5.01. The molecular formula is C14H20BrNO3S2. The second kappa shape index (κ2) is 7.46. The molecule has 0 aromatic heterocycles. The fourth-order valence-corrected chi connectivity index (χ4v) is 5.97. The van der Waals surface area contributed by atoms with Gasteiger partial charge in [-0.3, -0.25) is 0 Å². The fourth-order valence-electron chi connectivity index (χ4n) is 2.63. The van der Waals surface area contributed by atoms with E-state index in [0.717, 1.165) is 25.7 Å². The highest BCUT2D eigenvalue weighted by molar-refractivity contribution is 9.10. The highest BCUT2D eigenvalue weighted by Gasteiger charge is 2.29. The molecule has 118 valence electrons. The van der Waals surface area contributed by atoms with Crippen LogP contribution in [-0.2, 0) is 16.6 Å². The van der Waals surface area contributed by atoms with Gasteiger partial charge in [-0.25, -0.2) is 13.1 Å². The predicted molar refractivity (Wildman–Crippen MR) is 89.9 cm³/mol. The Morgan fingerprint density at radius 2 is 2.10 bits per heavy atom. The Morgan fingerprint density at radius 3 is 2.76 bits per heavy atom. The maximum Gasteiger partial charge on any atom is 0.241 e. The summed E-state index contributed by atoms with van der Waals surface area (Å²) in [6, 6.07) is 4.86. The Morgan fingerprint density at radius 1 is 1.38 bits per heavy atom. The maximum absolute atomic E-state index is 12.6. The van der Waals surface area contributed by atoms with Crippen LogP contribution >= 0.6 is 27.7 Å². The molecule has 0 aliphatic heterocycles. The van der Waals surface area contributed by atoms with Crippen LogP contribution in [0.15, 0.2) is 27.6 Å². The average Bonchev–Trinajstić information content (AvgIpc) is 2.47. The number of aliphatic hydroxyl groups excluding tert-OH is 1. The summed E-state index contributed by atoms with van der Waals surface area (Å²) in [6.07, 6.45) is 6.17. The summed E-state index contributed by atoms with van der Waals surface area (Å²) in [7, 11) is -3.59. The molecule has 0 amide bonds. The third-order valence-corrected chi connectivity index (χ3v) is 7.43. The van der Waals surface area contributed by atoms with Gasteiger partial charge in [0, 0.05) is 15.8 Å². The molecule has 2 unspecified atom stereocenters. The lowest BCUT2D eigenvalue weighted by Gasteiger charge is -2.30. The molecular weight excluding hydrogens is 374 g/mol. The van der Waals surface area contributed by atoms with E-state index in [2.05, 4.69) is 20.7 Å². The van der Waals surface area contributed by atoms with E-state index in [4.69, 9.17) is 0 Å². The van der Waals surface area contributed by atoms with Crippen molar-refractivity contribution in [1.29, 1.82) is 0 Å². The molecule has 21 heavy (non-hydrogen) atoms. The predicted octanol–water partition coefficient (Wildman–Crippen LogP) is 2.89. The Kier molecular flexibility index (Phi) is 6.14. The minimum Gasteiger partial charge on any atom is -0.392 e. The Balaban J connectivity index is 2.25. The zero-order valence-electron chi connectivity index (χ0n) is 11.9. The van der Waals surface area contributed by atoms with E-state index in [1.165, 1.54) is 6.07 Å². The van der Waals surface area contributed by atoms with Gasteiger partial charge in [0.2, 0.25) is 10.0 Å². The first-order valence-electron chi connectivity index (χ1n) is 6.92. The van der Waals surface area contributed by atoms with Crippen LogP contribution in [0, 0.1) is 0 Å². The van der Waals surface area contributed by atoms with Crippen molar-refractivity contribution in [3.05, 3.63) is 28.2 Å². The highest BCUT2D eigenvalue weighted by Crippen LogP contribution is 2.30. The first-order valence-corrected chi connectivity index (χ1v) is 10.5. The number of rotatable bonds is 5. The maximum atomic E-state index is 12.6. The molecule has 7 heteroatoms. The Hall–Kier alpha value is -0.0800. The molecule has 2 N–H and O–H groups in total. The van der Waals surface area contributed by atoms with E-state index < -0.39 is 10.0 Å². The van der Waals surface area contributed by atoms with Crippen molar-refractivity contribution in [2.45, 2.75) is 48.5 Å². The summed E-state index contributed by atoms with van der Waals surface area (Å²) < 4.78 is 28.6. The van der Waals surface area contributed by atoms with Crippen LogP contribution in [0.3, 0.4) is 0 Å². The minimum atomic E-state index is -3.59. The molecule has 1 aromatic carbocycles. The molecule has 0 heterocycles. The van der Waals surface area contributed by atoms with E-state index >= 15 is 0 Å². The van der Waals surface area contributed by atoms with E-state index in [9.17, 15) is 13.5 Å². The van der Waals surface area contributed by atoms with Gasteiger partial charge in [0.25, 0.3) is 0 Å². The summed E-state index contributed by atoms with van der Waals surface area (Å²) in [6.45, 7) is -0.174. The molecule has 0 bridgehead atoms. The third kappa shape index (κ3) is 4.22. The number of sulfonamides is 1. The third-order valence-electron chi connectivity index (χ3n) is 3.78. The van der Waals surface area contributed by atoms with Crippen LogP contribution in [0.4, 0.5) is 0 Å². The largest absolute Gasteiger partial charge is 0.392 e. The zero-order valence-corrected chi connectivity index (χ0v) is 15.1. The summed E-state index contributed by atoms with van der Waals surface area (Å²) in [5.41, 5.74) is 0.587. The molecule has 2 atom stereocenters. The van der Waals surface area contributed by atoms with Gasteiger partial charge in [-0.05, 0) is 52.7 Å². The van der Waals surface area contributed by atoms with Crippen LogP contribution in [0.5, 0.6) is 0 Å². The number of aliphatic hydroxyl groups is 1. The number of benzene rings is 1. The molecule has 1 aliphatic rings. The second-order valence-corrected chi connectivity index (χ2v) is 8.82. The molecule has 1 saturated carbocycles. The smallest absolute Gasteiger partial charge is 0.241 e. The molecule has 2 rings (SSSR count). The minimum absolute atomic E-state index is 0.0246. The van der Waals surface area contributed by atoms with Gasteiger partial charge in [-0.1, -0.05) is 18.9 Å². The van der Waals surface area contributed by atoms with E-state index in [1.54, 1.807) is 23.9 Å². The molecule has 0 spiro atoms. The normalized spacial score (nSPS) is 23.2. The highest BCUT2D eigenvalue weighted by atomic mass is 79.9. The van der Waals surface area contributed by atoms with Gasteiger partial charge < -0.3 is 5.11 Å². The fraction of sp³-hybridized carbons (Fsp3) is 0.571. The zero-order chi connectivity index (χ0) is 15.5. The second-order valence-electron chi connectivity index (χ2n) is 5.21. The van der Waals surface area contributed by atoms with Gasteiger partial charge in [0.1, 0.15) is 0 Å². The number of hydrogen-bond acceptors (Lipinski definition) is 4. The van der Waals surface area contributed by atoms with Gasteiger partial charge >= 0.3 is 0 Å². The summed E-state index contributed by atoms with van der Waals surface area (Å²) in [4.78, 5) is 0.194. The van der Waals surface area contributed by atoms with Gasteiger partial charge in [0.05, 0.1) is 11.5 Å². The lowest BCUT2D eigenvalue weighted by atomic mass is 9.96. The molecule has 0 saturated heterocycles. The monoisotopic (exact) mass is 393 g/mol. The standard InChI is InChI=1S/C14H20BrNO3S2/c1-20-13-5-3-2-4-12(13)16-21(18,19)14-8-10(9-17)6-7-11(14)15/h6-8,12-13,16-17H,2-5,9H2,1H3. The first-order chi connectivity index (χ1) is 9.97. The van der Waals surface area contributed by atoms with Gasteiger partial charge in [0.15, 0.2) is 0 Å². The van der Waals surface area contributed by atoms with Crippen LogP contribution in [-0.4, -0.2) is 31.1 Å². The summed E-state index contributed by atoms with van der Waals surface area (Å²) in [5.74, 6) is 0. The first kappa shape index (κ1) is 17.3. The average molecular weight is 394 g/mol. The van der Waals surface area contributed by atoms with Crippen molar-refractivity contribution < 1.29 is 13.5 Å². The number of hydrogen-bond donors (Lipinski definition) is 2. The van der Waals surface area contributed by atoms with Crippen molar-refractivity contribution in [2.75, 3.05) is 6.26 Å². The molecule has 1 aliphatic carbocycles. The lowest BCUT2D eigenvalue weighted by molar-refractivity contribution is 0.281. The summed E-state index contributed by atoms with van der Waals surface area (Å²) in [5, 5.41) is 9.51. The number of nitrogens with one attached hydrogen (secondary N) is 1. The van der Waals surface area contributed by atoms with E-state index in [1.807, 2.05) is 6.26 Å². The van der Waals surface area contributed by atoms with Crippen LogP contribution in [0.1, 0.15) is 31.2 Å². The van der Waals surface area contributed by atoms with E-state index in [0.29, 0.717) is 15.3 Å². The SMILES string of the molecule is CSC1CCCCC1NS(=O)(=O)c1cc(CO)ccc1Br. The molecule has 1 fully saturated rings. The van der Waals surface area contributed by atoms with Crippen LogP contribution in [0.2, 0.25) is 0 Å². The van der Waals surface area contributed by atoms with Crippen molar-refractivity contribution in [3.63, 3.8) is 0 Å². The Bertz CT molecular complexity index is 592. The van der Waals surface area contributed by atoms with E-state index in [-0.39, 0.29) is 17.5 Å². The van der Waals surface area contributed by atoms with Crippen LogP contribution < -0.4 is 4.72 Å². The van der Waals surface area contributed by atoms with Crippen molar-refractivity contribution in [2.24, 2.45) is 0 Å². The number of thioether (sulfide) groups is 1. The van der Waals surface area contributed by atoms with Gasteiger partial charge in [-0.2, -0.15) is 11.8 Å². The topological polar surface area (TPSA) is 66.4 Å². The number of halogens is 1.